The summed E-state index contributed by atoms with van der Waals surface area (Å²) in [7, 11) is 3.46. The number of piperidine rings is 1. The standard InChI is InChI=1S/C19H27N3O2/c1-23-11-10-22-15-20-13-17(22)14-21-9-4-3-8-19(21)16-6-5-7-18(12-16)24-2/h5-7,12-13,15,19H,3-4,8-11,14H2,1-2H3. The van der Waals surface area contributed by atoms with Gasteiger partial charge >= 0.3 is 0 Å². The Balaban J connectivity index is 1.76. The molecule has 0 amide bonds. The molecule has 0 radical (unpaired) electrons. The molecule has 3 rings (SSSR count). The maximum Gasteiger partial charge on any atom is 0.119 e. The molecule has 1 saturated heterocycles. The van der Waals surface area contributed by atoms with Crippen LogP contribution in [0.2, 0.25) is 0 Å². The average Bonchev–Trinajstić information content (AvgIpc) is 3.07. The van der Waals surface area contributed by atoms with E-state index >= 15 is 0 Å². The maximum atomic E-state index is 5.40. The van der Waals surface area contributed by atoms with Crippen molar-refractivity contribution in [2.45, 2.75) is 38.4 Å². The average molecular weight is 329 g/mol. The number of hydrogen-bond acceptors (Lipinski definition) is 4. The molecule has 0 saturated carbocycles. The fraction of sp³-hybridized carbons (Fsp3) is 0.526. The van der Waals surface area contributed by atoms with Crippen molar-refractivity contribution in [2.75, 3.05) is 27.4 Å². The first kappa shape index (κ1) is 17.0. The number of ether oxygens (including phenoxy) is 2. The SMILES string of the molecule is COCCn1cncc1CN1CCCCC1c1cccc(OC)c1. The van der Waals surface area contributed by atoms with E-state index in [4.69, 9.17) is 9.47 Å². The van der Waals surface area contributed by atoms with Crippen LogP contribution in [0.15, 0.2) is 36.8 Å². The Labute approximate surface area is 144 Å². The minimum Gasteiger partial charge on any atom is -0.497 e. The first-order chi connectivity index (χ1) is 11.8. The van der Waals surface area contributed by atoms with Crippen LogP contribution in [0.25, 0.3) is 0 Å². The second-order valence-electron chi connectivity index (χ2n) is 6.33. The monoisotopic (exact) mass is 329 g/mol. The van der Waals surface area contributed by atoms with E-state index in [1.807, 2.05) is 18.6 Å². The number of hydrogen-bond donors (Lipinski definition) is 0. The lowest BCUT2D eigenvalue weighted by atomic mass is 9.95. The molecule has 130 valence electrons. The fourth-order valence-corrected chi connectivity index (χ4v) is 3.49. The number of imidazole rings is 1. The molecule has 0 aliphatic carbocycles. The van der Waals surface area contributed by atoms with Crippen LogP contribution < -0.4 is 4.74 Å². The van der Waals surface area contributed by atoms with Gasteiger partial charge in [-0.05, 0) is 37.1 Å². The molecule has 5 heteroatoms. The molecule has 1 aromatic carbocycles. The van der Waals surface area contributed by atoms with Crippen LogP contribution in [0.5, 0.6) is 5.75 Å². The van der Waals surface area contributed by atoms with Crippen molar-refractivity contribution in [3.63, 3.8) is 0 Å². The zero-order valence-corrected chi connectivity index (χ0v) is 14.6. The highest BCUT2D eigenvalue weighted by molar-refractivity contribution is 5.31. The molecule has 1 aromatic heterocycles. The van der Waals surface area contributed by atoms with E-state index in [0.717, 1.165) is 25.4 Å². The van der Waals surface area contributed by atoms with Crippen molar-refractivity contribution in [1.29, 1.82) is 0 Å². The number of aromatic nitrogens is 2. The molecule has 0 N–H and O–H groups in total. The van der Waals surface area contributed by atoms with E-state index in [2.05, 4.69) is 32.7 Å². The van der Waals surface area contributed by atoms with Gasteiger partial charge in [-0.1, -0.05) is 18.6 Å². The largest absolute Gasteiger partial charge is 0.497 e. The Morgan fingerprint density at radius 3 is 3.00 bits per heavy atom. The predicted molar refractivity (Wildman–Crippen MR) is 94.1 cm³/mol. The van der Waals surface area contributed by atoms with E-state index < -0.39 is 0 Å². The topological polar surface area (TPSA) is 39.5 Å². The molecule has 1 fully saturated rings. The Bertz CT molecular complexity index is 641. The van der Waals surface area contributed by atoms with Crippen LogP contribution in [0, 0.1) is 0 Å². The summed E-state index contributed by atoms with van der Waals surface area (Å²) in [6.07, 6.45) is 7.61. The lowest BCUT2D eigenvalue weighted by Gasteiger charge is -2.36. The van der Waals surface area contributed by atoms with Crippen molar-refractivity contribution < 1.29 is 9.47 Å². The summed E-state index contributed by atoms with van der Waals surface area (Å²) < 4.78 is 12.8. The minimum atomic E-state index is 0.444. The van der Waals surface area contributed by atoms with Crippen LogP contribution in [0.4, 0.5) is 0 Å². The van der Waals surface area contributed by atoms with Gasteiger partial charge in [0.25, 0.3) is 0 Å². The third kappa shape index (κ3) is 3.97. The van der Waals surface area contributed by atoms with E-state index in [1.54, 1.807) is 14.2 Å². The molecule has 1 unspecified atom stereocenters. The van der Waals surface area contributed by atoms with Crippen LogP contribution in [0.1, 0.15) is 36.6 Å². The third-order valence-electron chi connectivity index (χ3n) is 4.79. The quantitative estimate of drug-likeness (QED) is 0.782. The zero-order valence-electron chi connectivity index (χ0n) is 14.6. The van der Waals surface area contributed by atoms with Gasteiger partial charge in [-0.2, -0.15) is 0 Å². The van der Waals surface area contributed by atoms with Crippen molar-refractivity contribution in [2.24, 2.45) is 0 Å². The predicted octanol–water partition coefficient (Wildman–Crippen LogP) is 3.27. The second-order valence-corrected chi connectivity index (χ2v) is 6.33. The van der Waals surface area contributed by atoms with Crippen molar-refractivity contribution >= 4 is 0 Å². The Kier molecular flexibility index (Phi) is 5.88. The van der Waals surface area contributed by atoms with Gasteiger partial charge < -0.3 is 14.0 Å². The molecule has 5 nitrogen and oxygen atoms in total. The van der Waals surface area contributed by atoms with Crippen LogP contribution >= 0.6 is 0 Å². The van der Waals surface area contributed by atoms with Gasteiger partial charge in [-0.15, -0.1) is 0 Å². The van der Waals surface area contributed by atoms with Gasteiger partial charge in [-0.3, -0.25) is 4.90 Å². The number of benzene rings is 1. The summed E-state index contributed by atoms with van der Waals surface area (Å²) in [5, 5.41) is 0. The summed E-state index contributed by atoms with van der Waals surface area (Å²) in [5.41, 5.74) is 2.60. The summed E-state index contributed by atoms with van der Waals surface area (Å²) in [6, 6.07) is 8.93. The Morgan fingerprint density at radius 2 is 2.17 bits per heavy atom. The number of nitrogens with zero attached hydrogens (tertiary/aromatic N) is 3. The highest BCUT2D eigenvalue weighted by Gasteiger charge is 2.25. The summed E-state index contributed by atoms with van der Waals surface area (Å²) >= 11 is 0. The van der Waals surface area contributed by atoms with E-state index in [0.29, 0.717) is 12.6 Å². The molecule has 2 aromatic rings. The molecule has 0 spiro atoms. The van der Waals surface area contributed by atoms with Gasteiger partial charge in [0.15, 0.2) is 0 Å². The first-order valence-electron chi connectivity index (χ1n) is 8.67. The summed E-state index contributed by atoms with van der Waals surface area (Å²) in [5.74, 6) is 0.933. The first-order valence-corrected chi connectivity index (χ1v) is 8.67. The van der Waals surface area contributed by atoms with Crippen molar-refractivity contribution in [3.8, 4) is 5.75 Å². The lowest BCUT2D eigenvalue weighted by Crippen LogP contribution is -2.33. The minimum absolute atomic E-state index is 0.444. The fourth-order valence-electron chi connectivity index (χ4n) is 3.49. The van der Waals surface area contributed by atoms with Crippen LogP contribution in [0.3, 0.4) is 0 Å². The molecule has 0 bridgehead atoms. The van der Waals surface area contributed by atoms with Gasteiger partial charge in [0.05, 0.1) is 25.7 Å². The maximum absolute atomic E-state index is 5.40. The smallest absolute Gasteiger partial charge is 0.119 e. The van der Waals surface area contributed by atoms with Crippen molar-refractivity contribution in [3.05, 3.63) is 48.0 Å². The number of methoxy groups -OCH3 is 2. The second kappa shape index (κ2) is 8.31. The molecule has 2 heterocycles. The summed E-state index contributed by atoms with van der Waals surface area (Å²) in [6.45, 7) is 3.61. The molecule has 1 aliphatic rings. The normalized spacial score (nSPS) is 18.7. The molecule has 24 heavy (non-hydrogen) atoms. The van der Waals surface area contributed by atoms with Gasteiger partial charge in [-0.25, -0.2) is 4.98 Å². The van der Waals surface area contributed by atoms with E-state index in [-0.39, 0.29) is 0 Å². The van der Waals surface area contributed by atoms with Crippen molar-refractivity contribution in [1.82, 2.24) is 14.5 Å². The highest BCUT2D eigenvalue weighted by atomic mass is 16.5. The molecular formula is C19H27N3O2. The van der Waals surface area contributed by atoms with Gasteiger partial charge in [0.1, 0.15) is 5.75 Å². The molecule has 1 atom stereocenters. The Morgan fingerprint density at radius 1 is 1.25 bits per heavy atom. The van der Waals surface area contributed by atoms with Crippen LogP contribution in [-0.2, 0) is 17.8 Å². The van der Waals surface area contributed by atoms with Gasteiger partial charge in [0.2, 0.25) is 0 Å². The number of likely N-dealkylation sites (tertiary alicyclic amines) is 1. The van der Waals surface area contributed by atoms with E-state index in [1.165, 1.54) is 30.5 Å². The van der Waals surface area contributed by atoms with Gasteiger partial charge in [0, 0.05) is 32.4 Å². The van der Waals surface area contributed by atoms with Crippen LogP contribution in [-0.4, -0.2) is 41.8 Å². The molecule has 1 aliphatic heterocycles. The molecular weight excluding hydrogens is 302 g/mol. The highest BCUT2D eigenvalue weighted by Crippen LogP contribution is 2.33. The zero-order chi connectivity index (χ0) is 16.8. The summed E-state index contributed by atoms with van der Waals surface area (Å²) in [4.78, 5) is 6.89. The number of rotatable bonds is 7. The van der Waals surface area contributed by atoms with E-state index in [9.17, 15) is 0 Å². The third-order valence-corrected chi connectivity index (χ3v) is 4.79. The lowest BCUT2D eigenvalue weighted by molar-refractivity contribution is 0.134. The Hall–Kier alpha value is -1.85.